The number of halogens is 1. The normalized spacial score (nSPS) is 16.2. The van der Waals surface area contributed by atoms with Crippen molar-refractivity contribution >= 4 is 33.2 Å². The summed E-state index contributed by atoms with van der Waals surface area (Å²) in [5.74, 6) is 0.705. The fourth-order valence-corrected chi connectivity index (χ4v) is 3.26. The summed E-state index contributed by atoms with van der Waals surface area (Å²) in [6, 6.07) is 1.94. The zero-order valence-electron chi connectivity index (χ0n) is 9.76. The van der Waals surface area contributed by atoms with E-state index in [0.29, 0.717) is 5.92 Å². The Morgan fingerprint density at radius 2 is 2.19 bits per heavy atom. The van der Waals surface area contributed by atoms with E-state index in [1.807, 2.05) is 13.0 Å². The first-order valence-electron chi connectivity index (χ1n) is 5.48. The van der Waals surface area contributed by atoms with Crippen molar-refractivity contribution in [1.82, 2.24) is 5.32 Å². The SMILES string of the molecule is Cc1cc(C(=O)NC(C)(C)C2CC2)sc1Br. The highest BCUT2D eigenvalue weighted by Gasteiger charge is 2.39. The molecule has 1 aliphatic rings. The molecule has 2 rings (SSSR count). The molecule has 0 aromatic carbocycles. The van der Waals surface area contributed by atoms with Gasteiger partial charge in [-0.15, -0.1) is 11.3 Å². The number of carbonyl (C=O) groups is 1. The number of hydrogen-bond donors (Lipinski definition) is 1. The van der Waals surface area contributed by atoms with Crippen LogP contribution in [0.1, 0.15) is 41.9 Å². The quantitative estimate of drug-likeness (QED) is 0.905. The van der Waals surface area contributed by atoms with E-state index >= 15 is 0 Å². The molecule has 88 valence electrons. The highest BCUT2D eigenvalue weighted by atomic mass is 79.9. The maximum atomic E-state index is 12.0. The lowest BCUT2D eigenvalue weighted by atomic mass is 9.99. The van der Waals surface area contributed by atoms with E-state index in [0.717, 1.165) is 14.2 Å². The molecular weight excluding hydrogens is 286 g/mol. The Balaban J connectivity index is 2.08. The van der Waals surface area contributed by atoms with Gasteiger partial charge in [-0.2, -0.15) is 0 Å². The van der Waals surface area contributed by atoms with Crippen LogP contribution in [-0.2, 0) is 0 Å². The Bertz CT molecular complexity index is 401. The lowest BCUT2D eigenvalue weighted by Gasteiger charge is -2.25. The monoisotopic (exact) mass is 301 g/mol. The second kappa shape index (κ2) is 4.15. The third-order valence-electron chi connectivity index (χ3n) is 3.11. The molecular formula is C12H16BrNOS. The second-order valence-corrected chi connectivity index (χ2v) is 7.39. The van der Waals surface area contributed by atoms with E-state index in [9.17, 15) is 4.79 Å². The van der Waals surface area contributed by atoms with Gasteiger partial charge in [0.15, 0.2) is 0 Å². The molecule has 1 fully saturated rings. The molecule has 0 radical (unpaired) electrons. The highest BCUT2D eigenvalue weighted by Crippen LogP contribution is 2.39. The van der Waals surface area contributed by atoms with Gasteiger partial charge in [-0.05, 0) is 67.1 Å². The third kappa shape index (κ3) is 2.48. The summed E-state index contributed by atoms with van der Waals surface area (Å²) in [6.07, 6.45) is 2.47. The van der Waals surface area contributed by atoms with Crippen molar-refractivity contribution in [3.63, 3.8) is 0 Å². The summed E-state index contributed by atoms with van der Waals surface area (Å²) >= 11 is 4.94. The van der Waals surface area contributed by atoms with Crippen molar-refractivity contribution in [3.05, 3.63) is 20.3 Å². The summed E-state index contributed by atoms with van der Waals surface area (Å²) in [5, 5.41) is 3.13. The van der Waals surface area contributed by atoms with Crippen molar-refractivity contribution in [3.8, 4) is 0 Å². The molecule has 16 heavy (non-hydrogen) atoms. The van der Waals surface area contributed by atoms with Crippen molar-refractivity contribution < 1.29 is 4.79 Å². The predicted molar refractivity (Wildman–Crippen MR) is 71.0 cm³/mol. The van der Waals surface area contributed by atoms with Gasteiger partial charge in [-0.3, -0.25) is 4.79 Å². The van der Waals surface area contributed by atoms with E-state index in [2.05, 4.69) is 35.1 Å². The first-order valence-corrected chi connectivity index (χ1v) is 7.09. The lowest BCUT2D eigenvalue weighted by Crippen LogP contribution is -2.44. The molecule has 1 saturated carbocycles. The van der Waals surface area contributed by atoms with Gasteiger partial charge in [-0.25, -0.2) is 0 Å². The minimum absolute atomic E-state index is 0.0516. The molecule has 4 heteroatoms. The number of aryl methyl sites for hydroxylation is 1. The number of nitrogens with one attached hydrogen (secondary N) is 1. The Morgan fingerprint density at radius 3 is 2.62 bits per heavy atom. The maximum Gasteiger partial charge on any atom is 0.261 e. The van der Waals surface area contributed by atoms with Gasteiger partial charge in [0.1, 0.15) is 0 Å². The average Bonchev–Trinajstić information content (AvgIpc) is 2.95. The van der Waals surface area contributed by atoms with Crippen LogP contribution in [0.15, 0.2) is 9.85 Å². The zero-order chi connectivity index (χ0) is 11.9. The number of hydrogen-bond acceptors (Lipinski definition) is 2. The van der Waals surface area contributed by atoms with Crippen LogP contribution in [0.5, 0.6) is 0 Å². The van der Waals surface area contributed by atoms with E-state index in [4.69, 9.17) is 0 Å². The van der Waals surface area contributed by atoms with E-state index < -0.39 is 0 Å². The number of rotatable bonds is 3. The molecule has 1 aromatic heterocycles. The number of amides is 1. The molecule has 0 atom stereocenters. The molecule has 0 spiro atoms. The van der Waals surface area contributed by atoms with Gasteiger partial charge in [0.25, 0.3) is 5.91 Å². The average molecular weight is 302 g/mol. The molecule has 0 unspecified atom stereocenters. The Hall–Kier alpha value is -0.350. The second-order valence-electron chi connectivity index (χ2n) is 5.02. The van der Waals surface area contributed by atoms with Gasteiger partial charge in [0.05, 0.1) is 8.66 Å². The summed E-state index contributed by atoms with van der Waals surface area (Å²) in [6.45, 7) is 6.22. The largest absolute Gasteiger partial charge is 0.346 e. The van der Waals surface area contributed by atoms with Crippen LogP contribution >= 0.6 is 27.3 Å². The Kier molecular flexibility index (Phi) is 3.14. The lowest BCUT2D eigenvalue weighted by molar-refractivity contribution is 0.0907. The summed E-state index contributed by atoms with van der Waals surface area (Å²) in [4.78, 5) is 12.8. The van der Waals surface area contributed by atoms with Gasteiger partial charge in [0.2, 0.25) is 0 Å². The first kappa shape index (κ1) is 12.1. The Morgan fingerprint density at radius 1 is 1.56 bits per heavy atom. The van der Waals surface area contributed by atoms with Crippen LogP contribution < -0.4 is 5.32 Å². The smallest absolute Gasteiger partial charge is 0.261 e. The molecule has 0 aliphatic heterocycles. The molecule has 1 aromatic rings. The van der Waals surface area contributed by atoms with E-state index in [-0.39, 0.29) is 11.4 Å². The summed E-state index contributed by atoms with van der Waals surface area (Å²) in [7, 11) is 0. The van der Waals surface area contributed by atoms with Crippen LogP contribution in [0, 0.1) is 12.8 Å². The predicted octanol–water partition coefficient (Wildman–Crippen LogP) is 3.74. The number of thiophene rings is 1. The highest BCUT2D eigenvalue weighted by molar-refractivity contribution is 9.11. The van der Waals surface area contributed by atoms with E-state index in [1.54, 1.807) is 0 Å². The van der Waals surface area contributed by atoms with Crippen LogP contribution in [0.4, 0.5) is 0 Å². The van der Waals surface area contributed by atoms with Gasteiger partial charge < -0.3 is 5.32 Å². The molecule has 1 N–H and O–H groups in total. The minimum Gasteiger partial charge on any atom is -0.346 e. The molecule has 1 amide bonds. The minimum atomic E-state index is -0.0680. The zero-order valence-corrected chi connectivity index (χ0v) is 12.2. The Labute approximate surface area is 109 Å². The third-order valence-corrected chi connectivity index (χ3v) is 5.25. The molecule has 1 aliphatic carbocycles. The van der Waals surface area contributed by atoms with Crippen molar-refractivity contribution in [2.75, 3.05) is 0 Å². The van der Waals surface area contributed by atoms with Crippen LogP contribution in [0.3, 0.4) is 0 Å². The molecule has 1 heterocycles. The van der Waals surface area contributed by atoms with Gasteiger partial charge in [-0.1, -0.05) is 0 Å². The summed E-state index contributed by atoms with van der Waals surface area (Å²) < 4.78 is 1.04. The molecule has 0 saturated heterocycles. The van der Waals surface area contributed by atoms with E-state index in [1.165, 1.54) is 24.2 Å². The molecule has 0 bridgehead atoms. The fourth-order valence-electron chi connectivity index (χ4n) is 1.83. The number of carbonyl (C=O) groups excluding carboxylic acids is 1. The standard InChI is InChI=1S/C12H16BrNOS/c1-7-6-9(16-10(7)13)11(15)14-12(2,3)8-4-5-8/h6,8H,4-5H2,1-3H3,(H,14,15). The summed E-state index contributed by atoms with van der Waals surface area (Å²) in [5.41, 5.74) is 1.06. The van der Waals surface area contributed by atoms with Crippen LogP contribution in [-0.4, -0.2) is 11.4 Å². The van der Waals surface area contributed by atoms with Gasteiger partial charge >= 0.3 is 0 Å². The maximum absolute atomic E-state index is 12.0. The molecule has 2 nitrogen and oxygen atoms in total. The van der Waals surface area contributed by atoms with Crippen molar-refractivity contribution in [2.24, 2.45) is 5.92 Å². The first-order chi connectivity index (χ1) is 7.40. The fraction of sp³-hybridized carbons (Fsp3) is 0.583. The topological polar surface area (TPSA) is 29.1 Å². The van der Waals surface area contributed by atoms with Crippen molar-refractivity contribution in [1.29, 1.82) is 0 Å². The van der Waals surface area contributed by atoms with Gasteiger partial charge in [0, 0.05) is 5.54 Å². The van der Waals surface area contributed by atoms with Crippen LogP contribution in [0.2, 0.25) is 0 Å². The van der Waals surface area contributed by atoms with Crippen molar-refractivity contribution in [2.45, 2.75) is 39.2 Å². The van der Waals surface area contributed by atoms with Crippen LogP contribution in [0.25, 0.3) is 0 Å².